The topological polar surface area (TPSA) is 68.9 Å². The van der Waals surface area contributed by atoms with Crippen LogP contribution in [0.5, 0.6) is 0 Å². The number of carbonyl (C=O) groups excluding carboxylic acids is 1. The van der Waals surface area contributed by atoms with Gasteiger partial charge in [-0.15, -0.1) is 0 Å². The number of carbonyl (C=O) groups is 1. The van der Waals surface area contributed by atoms with E-state index in [9.17, 15) is 4.79 Å². The fraction of sp³-hybridized carbons (Fsp3) is 0.958. The van der Waals surface area contributed by atoms with Crippen molar-refractivity contribution in [1.29, 1.82) is 0 Å². The Labute approximate surface area is 187 Å². The molecule has 4 aliphatic heterocycles. The Morgan fingerprint density at radius 3 is 2.68 bits per heavy atom. The minimum Gasteiger partial charge on any atom is -0.380 e. The van der Waals surface area contributed by atoms with Crippen molar-refractivity contribution in [3.63, 3.8) is 0 Å². The van der Waals surface area contributed by atoms with Crippen LogP contribution in [-0.4, -0.2) is 73.5 Å². The van der Waals surface area contributed by atoms with Crippen LogP contribution in [0.25, 0.3) is 0 Å². The number of ether oxygens (including phenoxy) is 1. The molecule has 2 saturated carbocycles. The standard InChI is InChI=1S/C24H41N5O2/c1-15-8-19-20(22(26-15)16-6-7-16)11-29(23(19)30)18-5-3-4-17(9-18)24(12-31-13-24)10-21-27-25-14-28(21)2/h15-22,25-27H,3-14H2,1-2H3. The molecule has 0 spiro atoms. The SMILES string of the molecule is CC1CC2C(=O)N(C3CCCC(C4(CC5NNCN5C)COC4)C3)CC2C(C2CC2)N1. The molecule has 4 saturated heterocycles. The molecule has 1 amide bonds. The lowest BCUT2D eigenvalue weighted by Crippen LogP contribution is -2.56. The zero-order valence-corrected chi connectivity index (χ0v) is 19.3. The van der Waals surface area contributed by atoms with Gasteiger partial charge >= 0.3 is 0 Å². The van der Waals surface area contributed by atoms with Crippen LogP contribution in [0, 0.1) is 29.1 Å². The first kappa shape index (κ1) is 20.8. The molecule has 0 bridgehead atoms. The van der Waals surface area contributed by atoms with Crippen LogP contribution in [0.3, 0.4) is 0 Å². The van der Waals surface area contributed by atoms with E-state index in [0.717, 1.165) is 45.2 Å². The molecule has 7 atom stereocenters. The summed E-state index contributed by atoms with van der Waals surface area (Å²) < 4.78 is 5.80. The molecule has 3 N–H and O–H groups in total. The Kier molecular flexibility index (Phi) is 5.34. The van der Waals surface area contributed by atoms with Crippen LogP contribution < -0.4 is 16.2 Å². The number of hydrazine groups is 1. The van der Waals surface area contributed by atoms with Crippen LogP contribution in [-0.2, 0) is 9.53 Å². The monoisotopic (exact) mass is 431 g/mol. The number of amides is 1. The molecular weight excluding hydrogens is 390 g/mol. The lowest BCUT2D eigenvalue weighted by atomic mass is 9.64. The Morgan fingerprint density at radius 1 is 1.16 bits per heavy atom. The van der Waals surface area contributed by atoms with Crippen LogP contribution in [0.15, 0.2) is 0 Å². The number of nitrogens with one attached hydrogen (secondary N) is 3. The number of hydrogen-bond donors (Lipinski definition) is 3. The molecular formula is C24H41N5O2. The van der Waals surface area contributed by atoms with Gasteiger partial charge in [0.15, 0.2) is 0 Å². The Hall–Kier alpha value is -0.730. The van der Waals surface area contributed by atoms with Gasteiger partial charge in [-0.2, -0.15) is 0 Å². The van der Waals surface area contributed by atoms with E-state index in [1.165, 1.54) is 38.5 Å². The van der Waals surface area contributed by atoms with E-state index in [1.807, 2.05) is 0 Å². The first-order valence-corrected chi connectivity index (χ1v) is 12.9. The quantitative estimate of drug-likeness (QED) is 0.613. The zero-order chi connectivity index (χ0) is 21.2. The lowest BCUT2D eigenvalue weighted by Gasteiger charge is -2.52. The summed E-state index contributed by atoms with van der Waals surface area (Å²) in [6, 6.07) is 1.50. The van der Waals surface area contributed by atoms with E-state index in [-0.39, 0.29) is 11.3 Å². The first-order chi connectivity index (χ1) is 15.0. The molecule has 0 radical (unpaired) electrons. The molecule has 7 nitrogen and oxygen atoms in total. The van der Waals surface area contributed by atoms with E-state index in [0.29, 0.717) is 42.0 Å². The summed E-state index contributed by atoms with van der Waals surface area (Å²) in [5.74, 6) is 2.78. The van der Waals surface area contributed by atoms with E-state index in [2.05, 4.69) is 39.9 Å². The average Bonchev–Trinajstić information content (AvgIpc) is 3.43. The zero-order valence-electron chi connectivity index (χ0n) is 19.3. The summed E-state index contributed by atoms with van der Waals surface area (Å²) in [6.07, 6.45) is 10.2. The van der Waals surface area contributed by atoms with E-state index < -0.39 is 0 Å². The van der Waals surface area contributed by atoms with Gasteiger partial charge < -0.3 is 15.0 Å². The van der Waals surface area contributed by atoms with Gasteiger partial charge in [0.2, 0.25) is 5.91 Å². The number of hydrogen-bond acceptors (Lipinski definition) is 6. The number of nitrogens with zero attached hydrogens (tertiary/aromatic N) is 2. The van der Waals surface area contributed by atoms with Gasteiger partial charge in [-0.25, -0.2) is 10.9 Å². The summed E-state index contributed by atoms with van der Waals surface area (Å²) in [5.41, 5.74) is 7.01. The third kappa shape index (κ3) is 3.65. The van der Waals surface area contributed by atoms with Crippen molar-refractivity contribution in [2.24, 2.45) is 29.1 Å². The molecule has 7 heteroatoms. The molecule has 4 heterocycles. The number of fused-ring (bicyclic) bond motifs is 1. The fourth-order valence-corrected chi connectivity index (χ4v) is 7.64. The highest BCUT2D eigenvalue weighted by molar-refractivity contribution is 5.82. The summed E-state index contributed by atoms with van der Waals surface area (Å²) in [6.45, 7) is 5.96. The Morgan fingerprint density at radius 2 is 2.00 bits per heavy atom. The van der Waals surface area contributed by atoms with Gasteiger partial charge in [0.1, 0.15) is 0 Å². The van der Waals surface area contributed by atoms with E-state index in [1.54, 1.807) is 0 Å². The molecule has 6 aliphatic rings. The van der Waals surface area contributed by atoms with Gasteiger partial charge in [-0.1, -0.05) is 6.42 Å². The minimum absolute atomic E-state index is 0.269. The van der Waals surface area contributed by atoms with Crippen molar-refractivity contribution in [2.75, 3.05) is 33.5 Å². The van der Waals surface area contributed by atoms with Crippen LogP contribution in [0.1, 0.15) is 58.3 Å². The Balaban J connectivity index is 1.16. The van der Waals surface area contributed by atoms with E-state index in [4.69, 9.17) is 4.74 Å². The van der Waals surface area contributed by atoms with Crippen LogP contribution in [0.4, 0.5) is 0 Å². The highest BCUT2D eigenvalue weighted by Crippen LogP contribution is 2.50. The highest BCUT2D eigenvalue weighted by Gasteiger charge is 2.54. The molecule has 31 heavy (non-hydrogen) atoms. The predicted molar refractivity (Wildman–Crippen MR) is 119 cm³/mol. The summed E-state index contributed by atoms with van der Waals surface area (Å²) in [4.78, 5) is 18.3. The van der Waals surface area contributed by atoms with Gasteiger partial charge in [0.25, 0.3) is 0 Å². The van der Waals surface area contributed by atoms with Crippen molar-refractivity contribution in [2.45, 2.75) is 82.6 Å². The third-order valence-electron chi connectivity index (χ3n) is 9.66. The largest absolute Gasteiger partial charge is 0.380 e. The lowest BCUT2D eigenvalue weighted by molar-refractivity contribution is -0.169. The van der Waals surface area contributed by atoms with Gasteiger partial charge in [0, 0.05) is 41.9 Å². The number of likely N-dealkylation sites (tertiary alicyclic amines) is 1. The fourth-order valence-electron chi connectivity index (χ4n) is 7.64. The smallest absolute Gasteiger partial charge is 0.226 e. The molecule has 2 aliphatic carbocycles. The first-order valence-electron chi connectivity index (χ1n) is 12.9. The summed E-state index contributed by atoms with van der Waals surface area (Å²) >= 11 is 0. The average molecular weight is 432 g/mol. The van der Waals surface area contributed by atoms with Crippen molar-refractivity contribution in [3.8, 4) is 0 Å². The maximum absolute atomic E-state index is 13.6. The maximum Gasteiger partial charge on any atom is 0.226 e. The normalized spacial score (nSPS) is 45.5. The van der Waals surface area contributed by atoms with Gasteiger partial charge in [-0.3, -0.25) is 9.69 Å². The second-order valence-corrected chi connectivity index (χ2v) is 11.8. The molecule has 0 aromatic rings. The van der Waals surface area contributed by atoms with Crippen molar-refractivity contribution in [3.05, 3.63) is 0 Å². The molecule has 6 rings (SSSR count). The van der Waals surface area contributed by atoms with Crippen molar-refractivity contribution < 1.29 is 9.53 Å². The van der Waals surface area contributed by atoms with Crippen LogP contribution in [0.2, 0.25) is 0 Å². The predicted octanol–water partition coefficient (Wildman–Crippen LogP) is 1.51. The third-order valence-corrected chi connectivity index (χ3v) is 9.66. The molecule has 0 aromatic carbocycles. The number of piperidine rings is 1. The second-order valence-electron chi connectivity index (χ2n) is 11.8. The maximum atomic E-state index is 13.6. The minimum atomic E-state index is 0.269. The van der Waals surface area contributed by atoms with Gasteiger partial charge in [0.05, 0.1) is 26.0 Å². The molecule has 6 fully saturated rings. The van der Waals surface area contributed by atoms with Crippen molar-refractivity contribution in [1.82, 2.24) is 26.0 Å². The summed E-state index contributed by atoms with van der Waals surface area (Å²) in [7, 11) is 2.19. The van der Waals surface area contributed by atoms with Crippen molar-refractivity contribution >= 4 is 5.91 Å². The van der Waals surface area contributed by atoms with Crippen LogP contribution >= 0.6 is 0 Å². The Bertz CT molecular complexity index is 695. The van der Waals surface area contributed by atoms with E-state index >= 15 is 0 Å². The number of rotatable bonds is 5. The molecule has 7 unspecified atom stereocenters. The highest BCUT2D eigenvalue weighted by atomic mass is 16.5. The molecule has 0 aromatic heterocycles. The summed E-state index contributed by atoms with van der Waals surface area (Å²) in [5, 5.41) is 3.88. The van der Waals surface area contributed by atoms with Gasteiger partial charge in [-0.05, 0) is 70.8 Å². The second kappa shape index (κ2) is 7.94. The molecule has 174 valence electrons.